The Bertz CT molecular complexity index is 273. The molecule has 5 heteroatoms. The van der Waals surface area contributed by atoms with E-state index in [1.165, 1.54) is 0 Å². The highest BCUT2D eigenvalue weighted by Crippen LogP contribution is 2.23. The zero-order valence-electron chi connectivity index (χ0n) is 11.0. The van der Waals surface area contributed by atoms with Gasteiger partial charge in [-0.3, -0.25) is 9.59 Å². The van der Waals surface area contributed by atoms with E-state index in [1.54, 1.807) is 0 Å². The highest BCUT2D eigenvalue weighted by atomic mass is 16.2. The number of hydrogen-bond acceptors (Lipinski definition) is 3. The van der Waals surface area contributed by atoms with Gasteiger partial charge in [-0.2, -0.15) is 0 Å². The number of nitrogens with one attached hydrogen (secondary N) is 1. The first-order chi connectivity index (χ1) is 8.63. The quantitative estimate of drug-likeness (QED) is 0.583. The lowest BCUT2D eigenvalue weighted by Gasteiger charge is -2.27. The van der Waals surface area contributed by atoms with Crippen LogP contribution < -0.4 is 16.8 Å². The third kappa shape index (κ3) is 5.49. The van der Waals surface area contributed by atoms with Crippen LogP contribution in [0.1, 0.15) is 51.4 Å². The molecule has 0 unspecified atom stereocenters. The number of carbonyl (C=O) groups is 2. The number of primary amides is 1. The van der Waals surface area contributed by atoms with Crippen molar-refractivity contribution >= 4 is 11.8 Å². The van der Waals surface area contributed by atoms with Crippen LogP contribution in [0.25, 0.3) is 0 Å². The number of hydrogen-bond donors (Lipinski definition) is 3. The van der Waals surface area contributed by atoms with Crippen LogP contribution in [0, 0.1) is 5.92 Å². The molecular weight excluding hydrogens is 230 g/mol. The lowest BCUT2D eigenvalue weighted by molar-refractivity contribution is -0.123. The summed E-state index contributed by atoms with van der Waals surface area (Å²) in [5.74, 6) is -0.0844. The summed E-state index contributed by atoms with van der Waals surface area (Å²) in [7, 11) is 0. The maximum absolute atomic E-state index is 11.7. The highest BCUT2D eigenvalue weighted by molar-refractivity contribution is 5.77. The summed E-state index contributed by atoms with van der Waals surface area (Å²) in [6, 6.07) is 0.225. The number of carbonyl (C=O) groups excluding carboxylic acids is 2. The van der Waals surface area contributed by atoms with Crippen molar-refractivity contribution in [1.82, 2.24) is 5.32 Å². The Hall–Kier alpha value is -1.10. The van der Waals surface area contributed by atoms with Gasteiger partial charge in [0.05, 0.1) is 0 Å². The van der Waals surface area contributed by atoms with Gasteiger partial charge >= 0.3 is 0 Å². The van der Waals surface area contributed by atoms with Crippen LogP contribution in [0.3, 0.4) is 0 Å². The van der Waals surface area contributed by atoms with Crippen LogP contribution in [-0.2, 0) is 9.59 Å². The monoisotopic (exact) mass is 255 g/mol. The highest BCUT2D eigenvalue weighted by Gasteiger charge is 2.25. The molecule has 0 spiro atoms. The average molecular weight is 255 g/mol. The van der Waals surface area contributed by atoms with Gasteiger partial charge in [0, 0.05) is 18.4 Å². The van der Waals surface area contributed by atoms with Crippen LogP contribution in [0.15, 0.2) is 0 Å². The van der Waals surface area contributed by atoms with Crippen LogP contribution in [0.5, 0.6) is 0 Å². The van der Waals surface area contributed by atoms with Crippen molar-refractivity contribution in [1.29, 1.82) is 0 Å². The fourth-order valence-corrected chi connectivity index (χ4v) is 2.43. The maximum atomic E-state index is 11.7. The lowest BCUT2D eigenvalue weighted by Crippen LogP contribution is -2.39. The first kappa shape index (κ1) is 15.0. The molecule has 1 fully saturated rings. The van der Waals surface area contributed by atoms with Crippen molar-refractivity contribution in [2.75, 3.05) is 6.54 Å². The molecule has 0 aromatic heterocycles. The molecule has 0 bridgehead atoms. The van der Waals surface area contributed by atoms with Gasteiger partial charge < -0.3 is 16.8 Å². The molecule has 5 nitrogen and oxygen atoms in total. The second-order valence-corrected chi connectivity index (χ2v) is 5.12. The summed E-state index contributed by atoms with van der Waals surface area (Å²) in [6.07, 6.45) is 6.80. The molecule has 1 aliphatic carbocycles. The van der Waals surface area contributed by atoms with Crippen molar-refractivity contribution < 1.29 is 9.59 Å². The molecule has 5 N–H and O–H groups in total. The minimum Gasteiger partial charge on any atom is -0.369 e. The van der Waals surface area contributed by atoms with Gasteiger partial charge in [0.2, 0.25) is 11.8 Å². The first-order valence-electron chi connectivity index (χ1n) is 6.92. The molecule has 1 aliphatic rings. The van der Waals surface area contributed by atoms with Gasteiger partial charge in [-0.05, 0) is 45.1 Å². The second kappa shape index (κ2) is 8.08. The Morgan fingerprint density at radius 2 is 1.72 bits per heavy atom. The Morgan fingerprint density at radius 1 is 1.06 bits per heavy atom. The van der Waals surface area contributed by atoms with Crippen molar-refractivity contribution in [3.8, 4) is 0 Å². The molecule has 0 atom stereocenters. The number of rotatable bonds is 7. The smallest absolute Gasteiger partial charge is 0.220 e. The van der Waals surface area contributed by atoms with Gasteiger partial charge in [-0.1, -0.05) is 6.42 Å². The topological polar surface area (TPSA) is 98.2 Å². The summed E-state index contributed by atoms with van der Waals surface area (Å²) in [4.78, 5) is 22.7. The number of unbranched alkanes of at least 4 members (excludes halogenated alkanes) is 2. The molecular formula is C13H25N3O2. The van der Waals surface area contributed by atoms with E-state index in [9.17, 15) is 9.59 Å². The van der Waals surface area contributed by atoms with Crippen molar-refractivity contribution in [2.24, 2.45) is 17.4 Å². The standard InChI is InChI=1S/C13H25N3O2/c14-9-3-1-2-4-12(17)16-11-7-5-10(6-8-11)13(15)18/h10-11H,1-9,14H2,(H2,15,18)(H,16,17). The fraction of sp³-hybridized carbons (Fsp3) is 0.846. The van der Waals surface area contributed by atoms with Crippen molar-refractivity contribution in [2.45, 2.75) is 57.4 Å². The minimum absolute atomic E-state index is 0.00251. The molecule has 0 heterocycles. The van der Waals surface area contributed by atoms with Crippen molar-refractivity contribution in [3.05, 3.63) is 0 Å². The van der Waals surface area contributed by atoms with E-state index in [2.05, 4.69) is 5.32 Å². The number of amides is 2. The Kier molecular flexibility index (Phi) is 6.72. The summed E-state index contributed by atoms with van der Waals surface area (Å²) in [5, 5.41) is 3.03. The van der Waals surface area contributed by atoms with E-state index in [1.807, 2.05) is 0 Å². The van der Waals surface area contributed by atoms with Gasteiger partial charge in [-0.15, -0.1) is 0 Å². The molecule has 0 radical (unpaired) electrons. The molecule has 2 amide bonds. The fourth-order valence-electron chi connectivity index (χ4n) is 2.43. The molecule has 18 heavy (non-hydrogen) atoms. The van der Waals surface area contributed by atoms with Crippen molar-refractivity contribution in [3.63, 3.8) is 0 Å². The second-order valence-electron chi connectivity index (χ2n) is 5.12. The predicted molar refractivity (Wildman–Crippen MR) is 70.6 cm³/mol. The molecule has 0 saturated heterocycles. The largest absolute Gasteiger partial charge is 0.369 e. The van der Waals surface area contributed by atoms with Crippen LogP contribution in [0.4, 0.5) is 0 Å². The molecule has 1 saturated carbocycles. The van der Waals surface area contributed by atoms with Crippen LogP contribution >= 0.6 is 0 Å². The zero-order valence-corrected chi connectivity index (χ0v) is 11.0. The lowest BCUT2D eigenvalue weighted by atomic mass is 9.85. The van der Waals surface area contributed by atoms with E-state index in [-0.39, 0.29) is 23.8 Å². The van der Waals surface area contributed by atoms with E-state index in [0.717, 1.165) is 44.9 Å². The van der Waals surface area contributed by atoms with E-state index in [0.29, 0.717) is 13.0 Å². The normalized spacial score (nSPS) is 23.6. The summed E-state index contributed by atoms with van der Waals surface area (Å²) in [5.41, 5.74) is 10.7. The summed E-state index contributed by atoms with van der Waals surface area (Å²) in [6.45, 7) is 0.693. The summed E-state index contributed by atoms with van der Waals surface area (Å²) >= 11 is 0. The minimum atomic E-state index is -0.207. The molecule has 104 valence electrons. The Labute approximate surface area is 109 Å². The maximum Gasteiger partial charge on any atom is 0.220 e. The molecule has 0 aliphatic heterocycles. The van der Waals surface area contributed by atoms with Gasteiger partial charge in [0.15, 0.2) is 0 Å². The average Bonchev–Trinajstić information content (AvgIpc) is 2.35. The Morgan fingerprint density at radius 3 is 2.28 bits per heavy atom. The summed E-state index contributed by atoms with van der Waals surface area (Å²) < 4.78 is 0. The number of nitrogens with two attached hydrogens (primary N) is 2. The van der Waals surface area contributed by atoms with Gasteiger partial charge in [0.1, 0.15) is 0 Å². The van der Waals surface area contributed by atoms with Crippen LogP contribution in [-0.4, -0.2) is 24.4 Å². The van der Waals surface area contributed by atoms with E-state index >= 15 is 0 Å². The van der Waals surface area contributed by atoms with Gasteiger partial charge in [0.25, 0.3) is 0 Å². The van der Waals surface area contributed by atoms with E-state index < -0.39 is 0 Å². The molecule has 1 rings (SSSR count). The van der Waals surface area contributed by atoms with E-state index in [4.69, 9.17) is 11.5 Å². The third-order valence-electron chi connectivity index (χ3n) is 3.60. The van der Waals surface area contributed by atoms with Gasteiger partial charge in [-0.25, -0.2) is 0 Å². The predicted octanol–water partition coefficient (Wildman–Crippen LogP) is 0.666. The Balaban J connectivity index is 2.12. The third-order valence-corrected chi connectivity index (χ3v) is 3.60. The molecule has 0 aromatic carbocycles. The first-order valence-corrected chi connectivity index (χ1v) is 6.92. The zero-order chi connectivity index (χ0) is 13.4. The SMILES string of the molecule is NCCCCCC(=O)NC1CCC(C(N)=O)CC1. The molecule has 0 aromatic rings. The van der Waals surface area contributed by atoms with Crippen LogP contribution in [0.2, 0.25) is 0 Å².